The van der Waals surface area contributed by atoms with Crippen molar-refractivity contribution in [2.45, 2.75) is 26.4 Å². The molecule has 0 aliphatic carbocycles. The Bertz CT molecular complexity index is 1480. The molecule has 1 atom stereocenters. The van der Waals surface area contributed by atoms with E-state index in [1.165, 1.54) is 0 Å². The van der Waals surface area contributed by atoms with Crippen LogP contribution in [0.5, 0.6) is 0 Å². The molecule has 0 saturated carbocycles. The molecule has 0 aliphatic heterocycles. The second kappa shape index (κ2) is 8.82. The molecule has 3 aromatic carbocycles. The molecule has 0 saturated heterocycles. The first-order valence-corrected chi connectivity index (χ1v) is 10.3. The van der Waals surface area contributed by atoms with Crippen molar-refractivity contribution in [1.82, 2.24) is 14.5 Å². The molecule has 0 aliphatic rings. The molecule has 4 rings (SSSR count). The Morgan fingerprint density at radius 3 is 2.42 bits per heavy atom. The molecular formula is C25H21F2N3O3. The number of rotatable bonds is 5. The largest absolute Gasteiger partial charge is 0.348 e. The molecule has 1 amide bonds. The predicted molar refractivity (Wildman–Crippen MR) is 121 cm³/mol. The van der Waals surface area contributed by atoms with Gasteiger partial charge < -0.3 is 5.32 Å². The van der Waals surface area contributed by atoms with Gasteiger partial charge in [0.15, 0.2) is 0 Å². The van der Waals surface area contributed by atoms with Crippen molar-refractivity contribution in [3.8, 4) is 5.69 Å². The maximum absolute atomic E-state index is 14.5. The molecule has 33 heavy (non-hydrogen) atoms. The minimum atomic E-state index is -1.06. The van der Waals surface area contributed by atoms with Gasteiger partial charge in [-0.25, -0.2) is 18.1 Å². The van der Waals surface area contributed by atoms with Gasteiger partial charge in [0, 0.05) is 6.07 Å². The maximum atomic E-state index is 14.5. The van der Waals surface area contributed by atoms with Gasteiger partial charge in [0.1, 0.15) is 18.2 Å². The van der Waals surface area contributed by atoms with Crippen LogP contribution in [0.1, 0.15) is 24.1 Å². The van der Waals surface area contributed by atoms with Crippen molar-refractivity contribution >= 4 is 16.8 Å². The van der Waals surface area contributed by atoms with Gasteiger partial charge in [0.2, 0.25) is 5.91 Å². The van der Waals surface area contributed by atoms with Crippen molar-refractivity contribution < 1.29 is 13.6 Å². The Hall–Kier alpha value is -4.07. The molecule has 8 heteroatoms. The van der Waals surface area contributed by atoms with Gasteiger partial charge in [-0.2, -0.15) is 0 Å². The number of hydrogen-bond donors (Lipinski definition) is 1. The van der Waals surface area contributed by atoms with E-state index >= 15 is 0 Å². The zero-order chi connectivity index (χ0) is 23.7. The van der Waals surface area contributed by atoms with Gasteiger partial charge in [0.05, 0.1) is 22.6 Å². The van der Waals surface area contributed by atoms with Gasteiger partial charge in [-0.1, -0.05) is 42.0 Å². The third kappa shape index (κ3) is 4.32. The molecule has 1 N–H and O–H groups in total. The fourth-order valence-electron chi connectivity index (χ4n) is 3.77. The first-order valence-electron chi connectivity index (χ1n) is 10.3. The lowest BCUT2D eigenvalue weighted by molar-refractivity contribution is -0.122. The van der Waals surface area contributed by atoms with Crippen LogP contribution in [0, 0.1) is 18.6 Å². The van der Waals surface area contributed by atoms with E-state index < -0.39 is 35.3 Å². The fraction of sp³-hybridized carbons (Fsp3) is 0.160. The minimum absolute atomic E-state index is 0.141. The minimum Gasteiger partial charge on any atom is -0.348 e. The van der Waals surface area contributed by atoms with Crippen molar-refractivity contribution in [3.05, 3.63) is 110 Å². The summed E-state index contributed by atoms with van der Waals surface area (Å²) >= 11 is 0. The average molecular weight is 449 g/mol. The third-order valence-electron chi connectivity index (χ3n) is 5.43. The van der Waals surface area contributed by atoms with E-state index in [1.54, 1.807) is 25.1 Å². The summed E-state index contributed by atoms with van der Waals surface area (Å²) in [6.07, 6.45) is 0. The number of amides is 1. The monoisotopic (exact) mass is 449 g/mol. The molecular weight excluding hydrogens is 428 g/mol. The zero-order valence-electron chi connectivity index (χ0n) is 18.0. The van der Waals surface area contributed by atoms with Crippen LogP contribution in [0.3, 0.4) is 0 Å². The smallest absolute Gasteiger partial charge is 0.336 e. The summed E-state index contributed by atoms with van der Waals surface area (Å²) in [7, 11) is 0. The molecule has 6 nitrogen and oxygen atoms in total. The van der Waals surface area contributed by atoms with Crippen LogP contribution < -0.4 is 16.6 Å². The second-order valence-corrected chi connectivity index (χ2v) is 7.83. The lowest BCUT2D eigenvalue weighted by Gasteiger charge is -2.17. The molecule has 0 spiro atoms. The van der Waals surface area contributed by atoms with Gasteiger partial charge in [-0.15, -0.1) is 0 Å². The molecule has 0 unspecified atom stereocenters. The maximum Gasteiger partial charge on any atom is 0.336 e. The highest BCUT2D eigenvalue weighted by atomic mass is 19.1. The van der Waals surface area contributed by atoms with E-state index in [0.29, 0.717) is 10.6 Å². The molecule has 1 heterocycles. The molecule has 168 valence electrons. The Balaban J connectivity index is 1.83. The van der Waals surface area contributed by atoms with E-state index in [0.717, 1.165) is 27.8 Å². The topological polar surface area (TPSA) is 73.1 Å². The number of nitrogens with zero attached hydrogens (tertiary/aromatic N) is 2. The van der Waals surface area contributed by atoms with Gasteiger partial charge in [-0.05, 0) is 43.7 Å². The fourth-order valence-corrected chi connectivity index (χ4v) is 3.77. The number of carbonyl (C=O) groups excluding carboxylic acids is 1. The summed E-state index contributed by atoms with van der Waals surface area (Å²) in [4.78, 5) is 39.3. The van der Waals surface area contributed by atoms with Crippen LogP contribution in [-0.2, 0) is 11.3 Å². The summed E-state index contributed by atoms with van der Waals surface area (Å²) in [5, 5.41) is 2.97. The second-order valence-electron chi connectivity index (χ2n) is 7.83. The van der Waals surface area contributed by atoms with E-state index in [2.05, 4.69) is 5.32 Å². The average Bonchev–Trinajstić information content (AvgIpc) is 2.78. The van der Waals surface area contributed by atoms with Crippen molar-refractivity contribution in [2.24, 2.45) is 0 Å². The first-order chi connectivity index (χ1) is 15.8. The van der Waals surface area contributed by atoms with Crippen LogP contribution in [0.15, 0.2) is 76.3 Å². The van der Waals surface area contributed by atoms with E-state index in [4.69, 9.17) is 0 Å². The van der Waals surface area contributed by atoms with Crippen molar-refractivity contribution in [1.29, 1.82) is 0 Å². The SMILES string of the molecule is Cc1ccc2c(c1)c(=O)n(-c1ccc(F)cc1F)c(=O)n2CC(=O)N[C@H](C)c1ccccc1. The Morgan fingerprint density at radius 1 is 1.00 bits per heavy atom. The van der Waals surface area contributed by atoms with Crippen molar-refractivity contribution in [2.75, 3.05) is 0 Å². The number of fused-ring (bicyclic) bond motifs is 1. The zero-order valence-corrected chi connectivity index (χ0v) is 18.0. The van der Waals surface area contributed by atoms with Crippen LogP contribution in [0.2, 0.25) is 0 Å². The molecule has 0 bridgehead atoms. The van der Waals surface area contributed by atoms with E-state index in [1.807, 2.05) is 37.3 Å². The van der Waals surface area contributed by atoms with Gasteiger partial charge >= 0.3 is 5.69 Å². The van der Waals surface area contributed by atoms with Gasteiger partial charge in [-0.3, -0.25) is 14.2 Å². The number of hydrogen-bond acceptors (Lipinski definition) is 3. The first kappa shape index (κ1) is 22.1. The van der Waals surface area contributed by atoms with Gasteiger partial charge in [0.25, 0.3) is 5.56 Å². The summed E-state index contributed by atoms with van der Waals surface area (Å²) in [6, 6.07) is 16.4. The van der Waals surface area contributed by atoms with E-state index in [9.17, 15) is 23.2 Å². The molecule has 1 aromatic heterocycles. The number of benzene rings is 3. The lowest BCUT2D eigenvalue weighted by Crippen LogP contribution is -2.42. The van der Waals surface area contributed by atoms with Crippen LogP contribution >= 0.6 is 0 Å². The molecule has 0 radical (unpaired) electrons. The van der Waals surface area contributed by atoms with Crippen molar-refractivity contribution in [3.63, 3.8) is 0 Å². The Morgan fingerprint density at radius 2 is 1.73 bits per heavy atom. The van der Waals surface area contributed by atoms with Crippen LogP contribution in [0.25, 0.3) is 16.6 Å². The van der Waals surface area contributed by atoms with Crippen LogP contribution in [-0.4, -0.2) is 15.0 Å². The predicted octanol–water partition coefficient (Wildman–Crippen LogP) is 3.62. The molecule has 4 aromatic rings. The van der Waals surface area contributed by atoms with Crippen LogP contribution in [0.4, 0.5) is 8.78 Å². The Kier molecular flexibility index (Phi) is 5.91. The molecule has 0 fully saturated rings. The normalized spacial score (nSPS) is 12.0. The summed E-state index contributed by atoms with van der Waals surface area (Å²) in [6.45, 7) is 3.19. The highest BCUT2D eigenvalue weighted by Gasteiger charge is 2.20. The third-order valence-corrected chi connectivity index (χ3v) is 5.43. The Labute approximate surface area is 187 Å². The number of nitrogens with one attached hydrogen (secondary N) is 1. The number of aryl methyl sites for hydroxylation is 1. The quantitative estimate of drug-likeness (QED) is 0.506. The standard InChI is InChI=1S/C25H21F2N3O3/c1-15-8-10-21-19(12-15)24(32)30(22-11-9-18(26)13-20(22)27)25(33)29(21)14-23(31)28-16(2)17-6-4-3-5-7-17/h3-13,16H,14H2,1-2H3,(H,28,31)/t16-/m1/s1. The highest BCUT2D eigenvalue weighted by molar-refractivity contribution is 5.82. The number of carbonyl (C=O) groups is 1. The summed E-state index contributed by atoms with van der Waals surface area (Å²) in [5.41, 5.74) is -0.156. The number of aromatic nitrogens is 2. The summed E-state index contributed by atoms with van der Waals surface area (Å²) in [5.74, 6) is -2.36. The number of halogens is 2. The highest BCUT2D eigenvalue weighted by Crippen LogP contribution is 2.16. The lowest BCUT2D eigenvalue weighted by atomic mass is 10.1. The summed E-state index contributed by atoms with van der Waals surface area (Å²) < 4.78 is 29.7. The van der Waals surface area contributed by atoms with E-state index in [-0.39, 0.29) is 22.6 Å².